The van der Waals surface area contributed by atoms with E-state index in [1.54, 1.807) is 0 Å². The van der Waals surface area contributed by atoms with E-state index in [0.29, 0.717) is 0 Å². The lowest BCUT2D eigenvalue weighted by atomic mass is 10.2. The standard InChI is InChI=1S/C9H14N2O8.ClH/c10-4(1-6(12)13)8(16)18-3-19-9(17)5(11)2-7(14)15;/h4-5H,1-3,10-11H2,(H,12,13)(H,14,15);1H/t4-,5?;/m0./s1. The number of carbonyl (C=O) groups is 4. The molecule has 0 fully saturated rings. The Morgan fingerprint density at radius 1 is 0.850 bits per heavy atom. The van der Waals surface area contributed by atoms with Gasteiger partial charge >= 0.3 is 23.9 Å². The van der Waals surface area contributed by atoms with Crippen LogP contribution in [0, 0.1) is 0 Å². The fourth-order valence-electron chi connectivity index (χ4n) is 0.903. The summed E-state index contributed by atoms with van der Waals surface area (Å²) in [4.78, 5) is 42.6. The van der Waals surface area contributed by atoms with Gasteiger partial charge in [-0.25, -0.2) is 0 Å². The Morgan fingerprint density at radius 3 is 1.40 bits per heavy atom. The molecular weight excluding hydrogens is 300 g/mol. The Balaban J connectivity index is 0. The summed E-state index contributed by atoms with van der Waals surface area (Å²) in [5.74, 6) is -4.71. The molecule has 116 valence electrons. The summed E-state index contributed by atoms with van der Waals surface area (Å²) in [6, 6.07) is -2.77. The van der Waals surface area contributed by atoms with Gasteiger partial charge in [-0.15, -0.1) is 12.4 Å². The van der Waals surface area contributed by atoms with Crippen LogP contribution in [0.15, 0.2) is 0 Å². The van der Waals surface area contributed by atoms with E-state index in [9.17, 15) is 19.2 Å². The maximum atomic E-state index is 11.1. The normalized spacial score (nSPS) is 12.5. The third-order valence-corrected chi connectivity index (χ3v) is 1.80. The van der Waals surface area contributed by atoms with E-state index in [1.165, 1.54) is 0 Å². The Morgan fingerprint density at radius 2 is 1.15 bits per heavy atom. The maximum Gasteiger partial charge on any atom is 0.326 e. The van der Waals surface area contributed by atoms with Crippen molar-refractivity contribution >= 4 is 36.3 Å². The van der Waals surface area contributed by atoms with Crippen molar-refractivity contribution in [3.05, 3.63) is 0 Å². The molecule has 0 bridgehead atoms. The molecule has 0 saturated carbocycles. The quantitative estimate of drug-likeness (QED) is 0.290. The Bertz CT molecular complexity index is 341. The molecule has 0 aliphatic carbocycles. The number of rotatable bonds is 8. The lowest BCUT2D eigenvalue weighted by Gasteiger charge is -2.11. The molecular formula is C9H15ClN2O8. The Labute approximate surface area is 119 Å². The molecule has 0 aliphatic heterocycles. The van der Waals surface area contributed by atoms with Crippen LogP contribution >= 0.6 is 12.4 Å². The molecule has 0 aromatic heterocycles. The third-order valence-electron chi connectivity index (χ3n) is 1.80. The van der Waals surface area contributed by atoms with Crippen LogP contribution in [0.2, 0.25) is 0 Å². The average Bonchev–Trinajstić information content (AvgIpc) is 2.26. The van der Waals surface area contributed by atoms with Crippen molar-refractivity contribution in [2.75, 3.05) is 6.79 Å². The highest BCUT2D eigenvalue weighted by atomic mass is 35.5. The smallest absolute Gasteiger partial charge is 0.326 e. The minimum absolute atomic E-state index is 0. The highest BCUT2D eigenvalue weighted by Gasteiger charge is 2.21. The van der Waals surface area contributed by atoms with E-state index in [0.717, 1.165) is 0 Å². The first-order valence-electron chi connectivity index (χ1n) is 5.02. The van der Waals surface area contributed by atoms with Gasteiger partial charge in [-0.05, 0) is 0 Å². The van der Waals surface area contributed by atoms with Crippen LogP contribution in [-0.2, 0) is 28.7 Å². The van der Waals surface area contributed by atoms with E-state index in [4.69, 9.17) is 21.7 Å². The lowest BCUT2D eigenvalue weighted by molar-refractivity contribution is -0.171. The molecule has 6 N–H and O–H groups in total. The zero-order valence-electron chi connectivity index (χ0n) is 10.2. The first kappa shape index (κ1) is 20.4. The van der Waals surface area contributed by atoms with E-state index in [2.05, 4.69) is 9.47 Å². The van der Waals surface area contributed by atoms with Crippen LogP contribution in [0.5, 0.6) is 0 Å². The minimum atomic E-state index is -1.39. The molecule has 0 aromatic rings. The van der Waals surface area contributed by atoms with Crippen molar-refractivity contribution in [1.82, 2.24) is 0 Å². The number of ether oxygens (including phenoxy) is 2. The van der Waals surface area contributed by atoms with Crippen LogP contribution in [0.3, 0.4) is 0 Å². The van der Waals surface area contributed by atoms with Gasteiger partial charge in [-0.3, -0.25) is 19.2 Å². The summed E-state index contributed by atoms with van der Waals surface area (Å²) >= 11 is 0. The largest absolute Gasteiger partial charge is 0.481 e. The molecule has 0 spiro atoms. The summed E-state index contributed by atoms with van der Waals surface area (Å²) in [5.41, 5.74) is 10.3. The van der Waals surface area contributed by atoms with Gasteiger partial charge in [0.2, 0.25) is 6.79 Å². The molecule has 0 heterocycles. The molecule has 0 aromatic carbocycles. The van der Waals surface area contributed by atoms with Gasteiger partial charge in [0.15, 0.2) is 0 Å². The van der Waals surface area contributed by atoms with Gasteiger partial charge in [-0.2, -0.15) is 0 Å². The van der Waals surface area contributed by atoms with Crippen LogP contribution in [0.25, 0.3) is 0 Å². The second-order valence-corrected chi connectivity index (χ2v) is 3.45. The van der Waals surface area contributed by atoms with Gasteiger partial charge in [0.1, 0.15) is 12.1 Å². The van der Waals surface area contributed by atoms with Crippen LogP contribution in [0.1, 0.15) is 12.8 Å². The maximum absolute atomic E-state index is 11.1. The predicted octanol–water partition coefficient (Wildman–Crippen LogP) is -1.94. The van der Waals surface area contributed by atoms with Crippen molar-refractivity contribution in [3.8, 4) is 0 Å². The lowest BCUT2D eigenvalue weighted by Crippen LogP contribution is -2.37. The molecule has 0 aliphatic rings. The number of carboxylic acid groups (broad SMARTS) is 2. The monoisotopic (exact) mass is 314 g/mol. The van der Waals surface area contributed by atoms with E-state index >= 15 is 0 Å². The molecule has 0 saturated heterocycles. The van der Waals surface area contributed by atoms with Gasteiger partial charge in [0, 0.05) is 0 Å². The van der Waals surface area contributed by atoms with Crippen molar-refractivity contribution < 1.29 is 38.9 Å². The predicted molar refractivity (Wildman–Crippen MR) is 64.8 cm³/mol. The molecule has 10 nitrogen and oxygen atoms in total. The van der Waals surface area contributed by atoms with Crippen molar-refractivity contribution in [1.29, 1.82) is 0 Å². The number of hydrogen-bond donors (Lipinski definition) is 4. The summed E-state index contributed by atoms with van der Waals surface area (Å²) in [7, 11) is 0. The number of carboxylic acids is 2. The Hall–Kier alpha value is -1.91. The van der Waals surface area contributed by atoms with Crippen LogP contribution in [-0.4, -0.2) is 53.0 Å². The highest BCUT2D eigenvalue weighted by Crippen LogP contribution is 1.96. The SMILES string of the molecule is Cl.NC(CC(=O)O)C(=O)OCOC(=O)[C@@H](N)CC(=O)O. The van der Waals surface area contributed by atoms with Gasteiger partial charge in [0.05, 0.1) is 12.8 Å². The zero-order chi connectivity index (χ0) is 15.0. The van der Waals surface area contributed by atoms with E-state index in [1.807, 2.05) is 0 Å². The van der Waals surface area contributed by atoms with Gasteiger partial charge < -0.3 is 31.2 Å². The topological polar surface area (TPSA) is 179 Å². The number of carbonyl (C=O) groups excluding carboxylic acids is 2. The van der Waals surface area contributed by atoms with Crippen molar-refractivity contribution in [2.45, 2.75) is 24.9 Å². The number of halogens is 1. The minimum Gasteiger partial charge on any atom is -0.481 e. The third kappa shape index (κ3) is 9.08. The Kier molecular flexibility index (Phi) is 10.2. The van der Waals surface area contributed by atoms with Crippen molar-refractivity contribution in [3.63, 3.8) is 0 Å². The first-order chi connectivity index (χ1) is 8.73. The van der Waals surface area contributed by atoms with Crippen LogP contribution < -0.4 is 11.5 Å². The number of esters is 2. The summed E-state index contributed by atoms with van der Waals surface area (Å²) in [6.45, 7) is -0.821. The van der Waals surface area contributed by atoms with Crippen LogP contribution in [0.4, 0.5) is 0 Å². The molecule has 0 amide bonds. The number of nitrogens with two attached hydrogens (primary N) is 2. The first-order valence-corrected chi connectivity index (χ1v) is 5.02. The number of aliphatic carboxylic acids is 2. The molecule has 2 atom stereocenters. The molecule has 1 unspecified atom stereocenters. The molecule has 11 heteroatoms. The van der Waals surface area contributed by atoms with Crippen molar-refractivity contribution in [2.24, 2.45) is 11.5 Å². The molecule has 0 radical (unpaired) electrons. The van der Waals surface area contributed by atoms with E-state index in [-0.39, 0.29) is 12.4 Å². The summed E-state index contributed by atoms with van der Waals surface area (Å²) < 4.78 is 8.71. The fourth-order valence-corrected chi connectivity index (χ4v) is 0.903. The second-order valence-electron chi connectivity index (χ2n) is 3.45. The number of hydrogen-bond acceptors (Lipinski definition) is 8. The molecule has 20 heavy (non-hydrogen) atoms. The second kappa shape index (κ2) is 9.95. The summed E-state index contributed by atoms with van der Waals surface area (Å²) in [5, 5.41) is 16.7. The zero-order valence-corrected chi connectivity index (χ0v) is 11.0. The fraction of sp³-hybridized carbons (Fsp3) is 0.556. The van der Waals surface area contributed by atoms with E-state index < -0.39 is 55.6 Å². The van der Waals surface area contributed by atoms with Gasteiger partial charge in [-0.1, -0.05) is 0 Å². The van der Waals surface area contributed by atoms with Gasteiger partial charge in [0.25, 0.3) is 0 Å². The average molecular weight is 315 g/mol. The summed E-state index contributed by atoms with van der Waals surface area (Å²) in [6.07, 6.45) is -1.27. The molecule has 0 rings (SSSR count). The highest BCUT2D eigenvalue weighted by molar-refractivity contribution is 5.85.